The summed E-state index contributed by atoms with van der Waals surface area (Å²) < 4.78 is 0. The first-order valence-corrected chi connectivity index (χ1v) is 6.84. The van der Waals surface area contributed by atoms with Gasteiger partial charge in [0.1, 0.15) is 5.82 Å². The van der Waals surface area contributed by atoms with Gasteiger partial charge < -0.3 is 10.3 Å². The van der Waals surface area contributed by atoms with Gasteiger partial charge >= 0.3 is 0 Å². The molecule has 2 aromatic heterocycles. The molecule has 7 nitrogen and oxygen atoms in total. The summed E-state index contributed by atoms with van der Waals surface area (Å²) in [7, 11) is 1.75. The number of anilines is 1. The number of carbonyl (C=O) groups is 1. The van der Waals surface area contributed by atoms with Gasteiger partial charge in [-0.05, 0) is 18.6 Å². The van der Waals surface area contributed by atoms with Crippen LogP contribution in [0.25, 0.3) is 0 Å². The van der Waals surface area contributed by atoms with E-state index in [0.29, 0.717) is 17.9 Å². The fourth-order valence-electron chi connectivity index (χ4n) is 2.10. The van der Waals surface area contributed by atoms with Crippen LogP contribution in [0.3, 0.4) is 0 Å². The molecule has 2 aromatic rings. The smallest absolute Gasteiger partial charge is 0.254 e. The highest BCUT2D eigenvalue weighted by Gasteiger charge is 2.15. The Morgan fingerprint density at radius 1 is 1.48 bits per heavy atom. The number of aryl methyl sites for hydroxylation is 1. The Balaban J connectivity index is 2.18. The molecule has 0 saturated heterocycles. The zero-order valence-corrected chi connectivity index (χ0v) is 12.3. The summed E-state index contributed by atoms with van der Waals surface area (Å²) in [6, 6.07) is 3.48. The van der Waals surface area contributed by atoms with Crippen LogP contribution in [-0.2, 0) is 13.0 Å². The fourth-order valence-corrected chi connectivity index (χ4v) is 2.10. The second-order valence-electron chi connectivity index (χ2n) is 4.89. The predicted molar refractivity (Wildman–Crippen MR) is 80.4 cm³/mol. The summed E-state index contributed by atoms with van der Waals surface area (Å²) in [6.07, 6.45) is 5.23. The molecular formula is C14H20N6O. The quantitative estimate of drug-likeness (QED) is 0.550. The largest absolute Gasteiger partial charge is 0.337 e. The maximum absolute atomic E-state index is 12.5. The first-order chi connectivity index (χ1) is 10.1. The molecule has 4 N–H and O–H groups in total. The lowest BCUT2D eigenvalue weighted by atomic mass is 10.1. The van der Waals surface area contributed by atoms with Crippen molar-refractivity contribution < 1.29 is 4.79 Å². The number of hydrogen-bond donors (Lipinski definition) is 3. The van der Waals surface area contributed by atoms with Crippen molar-refractivity contribution in [2.75, 3.05) is 12.5 Å². The molecule has 7 heteroatoms. The number of nitrogens with zero attached hydrogens (tertiary/aromatic N) is 3. The summed E-state index contributed by atoms with van der Waals surface area (Å²) in [4.78, 5) is 18.5. The minimum atomic E-state index is -0.0764. The van der Waals surface area contributed by atoms with Gasteiger partial charge in [0.25, 0.3) is 5.91 Å². The van der Waals surface area contributed by atoms with Crippen molar-refractivity contribution in [2.45, 2.75) is 26.3 Å². The Kier molecular flexibility index (Phi) is 4.89. The molecule has 0 aromatic carbocycles. The van der Waals surface area contributed by atoms with Crippen molar-refractivity contribution >= 4 is 11.7 Å². The summed E-state index contributed by atoms with van der Waals surface area (Å²) in [5.74, 6) is 5.84. The van der Waals surface area contributed by atoms with Gasteiger partial charge in [0, 0.05) is 36.6 Å². The van der Waals surface area contributed by atoms with E-state index in [4.69, 9.17) is 5.84 Å². The number of carbonyl (C=O) groups excluding carboxylic acids is 1. The molecule has 0 bridgehead atoms. The molecule has 0 unspecified atom stereocenters. The van der Waals surface area contributed by atoms with Crippen LogP contribution in [0.15, 0.2) is 24.5 Å². The Labute approximate surface area is 123 Å². The molecule has 0 aliphatic heterocycles. The highest BCUT2D eigenvalue weighted by Crippen LogP contribution is 2.14. The van der Waals surface area contributed by atoms with Gasteiger partial charge in [0.05, 0.1) is 6.20 Å². The van der Waals surface area contributed by atoms with Crippen LogP contribution in [-0.4, -0.2) is 33.0 Å². The van der Waals surface area contributed by atoms with Crippen LogP contribution in [0.4, 0.5) is 5.82 Å². The Morgan fingerprint density at radius 2 is 2.29 bits per heavy atom. The molecular weight excluding hydrogens is 268 g/mol. The molecule has 0 fully saturated rings. The topological polar surface area (TPSA) is 99.9 Å². The summed E-state index contributed by atoms with van der Waals surface area (Å²) in [5, 5.41) is 6.61. The highest BCUT2D eigenvalue weighted by atomic mass is 16.2. The third-order valence-electron chi connectivity index (χ3n) is 3.10. The lowest BCUT2D eigenvalue weighted by molar-refractivity contribution is 0.0785. The lowest BCUT2D eigenvalue weighted by Gasteiger charge is -2.17. The van der Waals surface area contributed by atoms with E-state index in [9.17, 15) is 4.79 Å². The number of amides is 1. The number of nitrogen functional groups attached to an aromatic ring is 1. The van der Waals surface area contributed by atoms with E-state index in [0.717, 1.165) is 24.1 Å². The second-order valence-corrected chi connectivity index (χ2v) is 4.89. The summed E-state index contributed by atoms with van der Waals surface area (Å²) >= 11 is 0. The number of rotatable bonds is 6. The minimum absolute atomic E-state index is 0.0764. The molecule has 1 amide bonds. The van der Waals surface area contributed by atoms with Gasteiger partial charge in [-0.25, -0.2) is 10.8 Å². The van der Waals surface area contributed by atoms with Crippen molar-refractivity contribution in [3.63, 3.8) is 0 Å². The van der Waals surface area contributed by atoms with E-state index < -0.39 is 0 Å². The number of hydrogen-bond acceptors (Lipinski definition) is 5. The van der Waals surface area contributed by atoms with Gasteiger partial charge in [0.2, 0.25) is 0 Å². The normalized spacial score (nSPS) is 10.4. The SMILES string of the molecule is CCCc1cc(C(=O)N(C)Cc2cn[nH]c2)cc(NN)n1. The van der Waals surface area contributed by atoms with Gasteiger partial charge in [-0.3, -0.25) is 9.89 Å². The monoisotopic (exact) mass is 288 g/mol. The molecule has 112 valence electrons. The molecule has 0 aliphatic rings. The third-order valence-corrected chi connectivity index (χ3v) is 3.10. The van der Waals surface area contributed by atoms with Crippen molar-refractivity contribution in [3.8, 4) is 0 Å². The van der Waals surface area contributed by atoms with Crippen LogP contribution >= 0.6 is 0 Å². The number of aromatic amines is 1. The zero-order valence-electron chi connectivity index (χ0n) is 12.3. The Morgan fingerprint density at radius 3 is 2.90 bits per heavy atom. The molecule has 2 rings (SSSR count). The highest BCUT2D eigenvalue weighted by molar-refractivity contribution is 5.94. The van der Waals surface area contributed by atoms with Gasteiger partial charge in [0.15, 0.2) is 0 Å². The van der Waals surface area contributed by atoms with E-state index in [1.54, 1.807) is 30.4 Å². The standard InChI is InChI=1S/C14H20N6O/c1-3-4-12-5-11(6-13(18-12)19-15)14(21)20(2)9-10-7-16-17-8-10/h5-8H,3-4,9,15H2,1-2H3,(H,16,17)(H,18,19). The fraction of sp³-hybridized carbons (Fsp3) is 0.357. The Bertz CT molecular complexity index is 596. The second kappa shape index (κ2) is 6.85. The number of hydrazine groups is 1. The summed E-state index contributed by atoms with van der Waals surface area (Å²) in [6.45, 7) is 2.56. The number of aromatic nitrogens is 3. The van der Waals surface area contributed by atoms with E-state index >= 15 is 0 Å². The van der Waals surface area contributed by atoms with Gasteiger partial charge in [-0.2, -0.15) is 5.10 Å². The molecule has 0 aliphatic carbocycles. The number of H-pyrrole nitrogens is 1. The predicted octanol–water partition coefficient (Wildman–Crippen LogP) is 1.31. The van der Waals surface area contributed by atoms with E-state index in [2.05, 4.69) is 27.5 Å². The lowest BCUT2D eigenvalue weighted by Crippen LogP contribution is -2.26. The van der Waals surface area contributed by atoms with Crippen molar-refractivity contribution in [1.82, 2.24) is 20.1 Å². The molecule has 0 radical (unpaired) electrons. The number of nitrogens with one attached hydrogen (secondary N) is 2. The van der Waals surface area contributed by atoms with Crippen LogP contribution in [0, 0.1) is 0 Å². The minimum Gasteiger partial charge on any atom is -0.337 e. The average molecular weight is 288 g/mol. The first-order valence-electron chi connectivity index (χ1n) is 6.84. The molecule has 2 heterocycles. The molecule has 0 saturated carbocycles. The van der Waals surface area contributed by atoms with E-state index in [-0.39, 0.29) is 5.91 Å². The van der Waals surface area contributed by atoms with Crippen molar-refractivity contribution in [2.24, 2.45) is 5.84 Å². The maximum atomic E-state index is 12.5. The first kappa shape index (κ1) is 15.0. The van der Waals surface area contributed by atoms with Gasteiger partial charge in [-0.15, -0.1) is 0 Å². The maximum Gasteiger partial charge on any atom is 0.254 e. The van der Waals surface area contributed by atoms with Crippen molar-refractivity contribution in [1.29, 1.82) is 0 Å². The van der Waals surface area contributed by atoms with Crippen LogP contribution < -0.4 is 11.3 Å². The third kappa shape index (κ3) is 3.79. The van der Waals surface area contributed by atoms with E-state index in [1.165, 1.54) is 0 Å². The Hall–Kier alpha value is -2.41. The van der Waals surface area contributed by atoms with Crippen LogP contribution in [0.2, 0.25) is 0 Å². The molecule has 0 atom stereocenters. The van der Waals surface area contributed by atoms with Crippen molar-refractivity contribution in [3.05, 3.63) is 41.3 Å². The van der Waals surface area contributed by atoms with Crippen LogP contribution in [0.1, 0.15) is 35.0 Å². The van der Waals surface area contributed by atoms with Crippen LogP contribution in [0.5, 0.6) is 0 Å². The molecule has 21 heavy (non-hydrogen) atoms. The van der Waals surface area contributed by atoms with Gasteiger partial charge in [-0.1, -0.05) is 13.3 Å². The van der Waals surface area contributed by atoms with E-state index in [1.807, 2.05) is 6.07 Å². The average Bonchev–Trinajstić information content (AvgIpc) is 2.99. The summed E-state index contributed by atoms with van der Waals surface area (Å²) in [5.41, 5.74) is 4.89. The number of nitrogens with two attached hydrogens (primary N) is 1. The zero-order chi connectivity index (χ0) is 15.2. The molecule has 0 spiro atoms. The number of pyridine rings is 1.